The molecular weight excluding hydrogens is 360 g/mol. The third kappa shape index (κ3) is 5.24. The van der Waals surface area contributed by atoms with Gasteiger partial charge in [-0.2, -0.15) is 5.10 Å². The van der Waals surface area contributed by atoms with E-state index < -0.39 is 0 Å². The first-order valence-electron chi connectivity index (χ1n) is 10.2. The molecule has 2 aromatic carbocycles. The van der Waals surface area contributed by atoms with Crippen LogP contribution in [-0.2, 0) is 23.7 Å². The molecule has 0 aliphatic rings. The molecule has 0 bridgehead atoms. The lowest BCUT2D eigenvalue weighted by Gasteiger charge is -2.27. The fourth-order valence-electron chi connectivity index (χ4n) is 3.74. The van der Waals surface area contributed by atoms with Crippen molar-refractivity contribution in [2.24, 2.45) is 7.05 Å². The lowest BCUT2D eigenvalue weighted by Crippen LogP contribution is -2.42. The van der Waals surface area contributed by atoms with Gasteiger partial charge in [-0.1, -0.05) is 50.2 Å². The van der Waals surface area contributed by atoms with Gasteiger partial charge in [0, 0.05) is 31.4 Å². The van der Waals surface area contributed by atoms with Gasteiger partial charge in [-0.25, -0.2) is 0 Å². The summed E-state index contributed by atoms with van der Waals surface area (Å²) < 4.78 is 1.89. The maximum Gasteiger partial charge on any atom is 0.220 e. The first-order chi connectivity index (χ1) is 13.8. The maximum absolute atomic E-state index is 12.6. The van der Waals surface area contributed by atoms with Crippen LogP contribution >= 0.6 is 0 Å². The van der Waals surface area contributed by atoms with Crippen LogP contribution < -0.4 is 5.32 Å². The van der Waals surface area contributed by atoms with E-state index in [2.05, 4.69) is 73.6 Å². The van der Waals surface area contributed by atoms with E-state index >= 15 is 0 Å². The first-order valence-corrected chi connectivity index (χ1v) is 10.2. The molecule has 154 valence electrons. The average molecular weight is 393 g/mol. The van der Waals surface area contributed by atoms with Gasteiger partial charge in [0.15, 0.2) is 0 Å². The Morgan fingerprint density at radius 3 is 2.59 bits per heavy atom. The molecule has 0 fully saturated rings. The topological polar surface area (TPSA) is 50.2 Å². The van der Waals surface area contributed by atoms with Gasteiger partial charge in [-0.3, -0.25) is 9.48 Å². The Balaban J connectivity index is 1.60. The molecule has 1 N–H and O–H groups in total. The van der Waals surface area contributed by atoms with Crippen LogP contribution in [0.2, 0.25) is 0 Å². The highest BCUT2D eigenvalue weighted by molar-refractivity contribution is 5.79. The van der Waals surface area contributed by atoms with Crippen molar-refractivity contribution < 1.29 is 4.79 Å². The molecule has 1 atom stereocenters. The summed E-state index contributed by atoms with van der Waals surface area (Å²) in [5.74, 6) is 0.0911. The lowest BCUT2D eigenvalue weighted by molar-refractivity contribution is -0.122. The number of amides is 1. The molecule has 0 aliphatic carbocycles. The second-order valence-electron chi connectivity index (χ2n) is 8.71. The summed E-state index contributed by atoms with van der Waals surface area (Å²) in [6, 6.07) is 16.9. The van der Waals surface area contributed by atoms with Crippen LogP contribution in [0.4, 0.5) is 0 Å². The Kier molecular flexibility index (Phi) is 6.38. The van der Waals surface area contributed by atoms with Crippen LogP contribution in [0, 0.1) is 0 Å². The summed E-state index contributed by atoms with van der Waals surface area (Å²) in [5, 5.41) is 8.62. The second-order valence-corrected chi connectivity index (χ2v) is 8.71. The number of likely N-dealkylation sites (N-methyl/N-ethyl adjacent to an activating group) is 1. The third-order valence-corrected chi connectivity index (χ3v) is 5.70. The Hall–Kier alpha value is -2.66. The van der Waals surface area contributed by atoms with Crippen molar-refractivity contribution in [2.75, 3.05) is 20.6 Å². The van der Waals surface area contributed by atoms with Crippen LogP contribution in [0.5, 0.6) is 0 Å². The third-order valence-electron chi connectivity index (χ3n) is 5.70. The Morgan fingerprint density at radius 2 is 1.90 bits per heavy atom. The Bertz CT molecular complexity index is 959. The molecule has 0 radical (unpaired) electrons. The van der Waals surface area contributed by atoms with E-state index in [1.165, 1.54) is 11.1 Å². The number of rotatable bonds is 8. The zero-order valence-electron chi connectivity index (χ0n) is 18.1. The van der Waals surface area contributed by atoms with Crippen molar-refractivity contribution in [2.45, 2.75) is 38.1 Å². The van der Waals surface area contributed by atoms with E-state index in [0.29, 0.717) is 13.0 Å². The van der Waals surface area contributed by atoms with Crippen molar-refractivity contribution in [1.82, 2.24) is 20.0 Å². The summed E-state index contributed by atoms with van der Waals surface area (Å²) in [6.07, 6.45) is 3.25. The lowest BCUT2D eigenvalue weighted by atomic mass is 9.81. The predicted octanol–water partition coefficient (Wildman–Crippen LogP) is 3.53. The zero-order valence-corrected chi connectivity index (χ0v) is 18.1. The van der Waals surface area contributed by atoms with Gasteiger partial charge in [-0.15, -0.1) is 0 Å². The van der Waals surface area contributed by atoms with Crippen LogP contribution in [0.3, 0.4) is 0 Å². The van der Waals surface area contributed by atoms with Gasteiger partial charge >= 0.3 is 0 Å². The Morgan fingerprint density at radius 1 is 1.17 bits per heavy atom. The van der Waals surface area contributed by atoms with E-state index in [1.807, 2.05) is 36.1 Å². The SMILES string of the molecule is CN(C)C(CNC(=O)CC(C)(C)c1ccccc1)Cc1ccc2c(cnn2C)c1. The predicted molar refractivity (Wildman–Crippen MR) is 119 cm³/mol. The molecule has 1 heterocycles. The maximum atomic E-state index is 12.6. The number of nitrogens with one attached hydrogen (secondary N) is 1. The molecule has 0 saturated carbocycles. The van der Waals surface area contributed by atoms with E-state index in [0.717, 1.165) is 17.3 Å². The minimum Gasteiger partial charge on any atom is -0.354 e. The van der Waals surface area contributed by atoms with E-state index in [-0.39, 0.29) is 17.4 Å². The number of benzene rings is 2. The summed E-state index contributed by atoms with van der Waals surface area (Å²) in [5.41, 5.74) is 3.38. The number of aryl methyl sites for hydroxylation is 1. The monoisotopic (exact) mass is 392 g/mol. The number of carbonyl (C=O) groups excluding carboxylic acids is 1. The zero-order chi connectivity index (χ0) is 21.0. The van der Waals surface area contributed by atoms with Crippen molar-refractivity contribution in [3.05, 3.63) is 65.9 Å². The number of nitrogens with zero attached hydrogens (tertiary/aromatic N) is 3. The molecule has 5 heteroatoms. The summed E-state index contributed by atoms with van der Waals surface area (Å²) in [7, 11) is 6.08. The van der Waals surface area contributed by atoms with Gasteiger partial charge in [0.05, 0.1) is 11.7 Å². The number of aromatic nitrogens is 2. The molecule has 0 spiro atoms. The summed E-state index contributed by atoms with van der Waals surface area (Å²) in [6.45, 7) is 4.87. The highest BCUT2D eigenvalue weighted by Crippen LogP contribution is 2.26. The van der Waals surface area contributed by atoms with Crippen molar-refractivity contribution in [3.8, 4) is 0 Å². The van der Waals surface area contributed by atoms with Gasteiger partial charge < -0.3 is 10.2 Å². The van der Waals surface area contributed by atoms with Gasteiger partial charge in [-0.05, 0) is 49.2 Å². The van der Waals surface area contributed by atoms with Gasteiger partial charge in [0.2, 0.25) is 5.91 Å². The fraction of sp³-hybridized carbons (Fsp3) is 0.417. The summed E-state index contributed by atoms with van der Waals surface area (Å²) in [4.78, 5) is 14.8. The van der Waals surface area contributed by atoms with E-state index in [1.54, 1.807) is 0 Å². The van der Waals surface area contributed by atoms with Crippen LogP contribution in [0.15, 0.2) is 54.7 Å². The average Bonchev–Trinajstić information content (AvgIpc) is 3.05. The normalized spacial score (nSPS) is 13.0. The molecular formula is C24H32N4O. The molecule has 1 amide bonds. The van der Waals surface area contributed by atoms with Crippen molar-refractivity contribution >= 4 is 16.8 Å². The standard InChI is InChI=1S/C24H32N4O/c1-24(2,20-9-7-6-8-10-20)15-23(29)25-17-21(27(3)4)14-18-11-12-22-19(13-18)16-26-28(22)5/h6-13,16,21H,14-15,17H2,1-5H3,(H,25,29). The molecule has 0 aliphatic heterocycles. The van der Waals surface area contributed by atoms with Crippen LogP contribution in [0.25, 0.3) is 10.9 Å². The highest BCUT2D eigenvalue weighted by atomic mass is 16.1. The van der Waals surface area contributed by atoms with E-state index in [4.69, 9.17) is 0 Å². The Labute approximate surface area is 173 Å². The molecule has 5 nitrogen and oxygen atoms in total. The number of fused-ring (bicyclic) bond motifs is 1. The molecule has 3 rings (SSSR count). The van der Waals surface area contributed by atoms with Crippen LogP contribution in [-0.4, -0.2) is 47.3 Å². The number of carbonyl (C=O) groups is 1. The first kappa shape index (κ1) is 21.1. The minimum absolute atomic E-state index is 0.0911. The summed E-state index contributed by atoms with van der Waals surface area (Å²) >= 11 is 0. The highest BCUT2D eigenvalue weighted by Gasteiger charge is 2.24. The van der Waals surface area contributed by atoms with Gasteiger partial charge in [0.1, 0.15) is 0 Å². The molecule has 3 aromatic rings. The van der Waals surface area contributed by atoms with Crippen molar-refractivity contribution in [1.29, 1.82) is 0 Å². The molecule has 29 heavy (non-hydrogen) atoms. The quantitative estimate of drug-likeness (QED) is 0.638. The molecule has 1 aromatic heterocycles. The van der Waals surface area contributed by atoms with Gasteiger partial charge in [0.25, 0.3) is 0 Å². The smallest absolute Gasteiger partial charge is 0.220 e. The van der Waals surface area contributed by atoms with E-state index in [9.17, 15) is 4.79 Å². The molecule has 0 saturated heterocycles. The van der Waals surface area contributed by atoms with Crippen LogP contribution in [0.1, 0.15) is 31.4 Å². The number of hydrogen-bond acceptors (Lipinski definition) is 3. The van der Waals surface area contributed by atoms with Crippen molar-refractivity contribution in [3.63, 3.8) is 0 Å². The minimum atomic E-state index is -0.190. The second kappa shape index (κ2) is 8.78. The molecule has 1 unspecified atom stereocenters. The number of hydrogen-bond donors (Lipinski definition) is 1. The largest absolute Gasteiger partial charge is 0.354 e. The fourth-order valence-corrected chi connectivity index (χ4v) is 3.74.